The SMILES string of the molecule is O=C(N[C@H]1CC[C@@H](C(=O)O)C1)C1CCCN1C(=O)c1ccccc1OC(F)F. The highest BCUT2D eigenvalue weighted by atomic mass is 19.3. The third-order valence-corrected chi connectivity index (χ3v) is 5.28. The van der Waals surface area contributed by atoms with Gasteiger partial charge in [-0.3, -0.25) is 14.4 Å². The maximum atomic E-state index is 12.9. The number of carbonyl (C=O) groups is 3. The van der Waals surface area contributed by atoms with Crippen molar-refractivity contribution in [3.05, 3.63) is 29.8 Å². The number of benzene rings is 1. The minimum Gasteiger partial charge on any atom is -0.481 e. The molecule has 1 unspecified atom stereocenters. The summed E-state index contributed by atoms with van der Waals surface area (Å²) in [6.07, 6.45) is 2.53. The van der Waals surface area contributed by atoms with Crippen LogP contribution >= 0.6 is 0 Å². The zero-order valence-corrected chi connectivity index (χ0v) is 15.1. The van der Waals surface area contributed by atoms with Crippen LogP contribution in [0.25, 0.3) is 0 Å². The number of hydrogen-bond donors (Lipinski definition) is 2. The highest BCUT2D eigenvalue weighted by molar-refractivity contribution is 6.00. The molecule has 3 atom stereocenters. The zero-order valence-electron chi connectivity index (χ0n) is 15.1. The molecule has 1 saturated heterocycles. The van der Waals surface area contributed by atoms with E-state index in [1.807, 2.05) is 0 Å². The van der Waals surface area contributed by atoms with Crippen molar-refractivity contribution < 1.29 is 33.0 Å². The Bertz CT molecular complexity index is 758. The summed E-state index contributed by atoms with van der Waals surface area (Å²) >= 11 is 0. The Morgan fingerprint density at radius 2 is 1.93 bits per heavy atom. The standard InChI is InChI=1S/C19H22F2N2O5/c20-19(21)28-15-6-2-1-4-13(15)17(25)23-9-3-5-14(23)16(24)22-12-8-7-11(10-12)18(26)27/h1-2,4,6,11-12,14,19H,3,5,7-10H2,(H,22,24)(H,26,27)/t11-,12+,14?/m1/s1. The first-order valence-corrected chi connectivity index (χ1v) is 9.24. The lowest BCUT2D eigenvalue weighted by Crippen LogP contribution is -2.48. The molecule has 2 amide bonds. The average molecular weight is 396 g/mol. The van der Waals surface area contributed by atoms with Gasteiger partial charge in [0.05, 0.1) is 11.5 Å². The van der Waals surface area contributed by atoms with Crippen molar-refractivity contribution in [2.45, 2.75) is 50.8 Å². The van der Waals surface area contributed by atoms with Gasteiger partial charge in [-0.2, -0.15) is 8.78 Å². The maximum Gasteiger partial charge on any atom is 0.387 e. The van der Waals surface area contributed by atoms with Gasteiger partial charge >= 0.3 is 12.6 Å². The maximum absolute atomic E-state index is 12.9. The van der Waals surface area contributed by atoms with Crippen molar-refractivity contribution in [2.24, 2.45) is 5.92 Å². The number of carbonyl (C=O) groups excluding carboxylic acids is 2. The molecule has 1 aliphatic carbocycles. The minimum atomic E-state index is -3.06. The molecule has 1 saturated carbocycles. The van der Waals surface area contributed by atoms with Gasteiger partial charge in [-0.1, -0.05) is 12.1 Å². The summed E-state index contributed by atoms with van der Waals surface area (Å²) in [7, 11) is 0. The number of halogens is 2. The first-order valence-electron chi connectivity index (χ1n) is 9.24. The fourth-order valence-electron chi connectivity index (χ4n) is 3.91. The molecular formula is C19H22F2N2O5. The van der Waals surface area contributed by atoms with E-state index in [0.29, 0.717) is 38.6 Å². The highest BCUT2D eigenvalue weighted by Crippen LogP contribution is 2.28. The quantitative estimate of drug-likeness (QED) is 0.769. The first-order chi connectivity index (χ1) is 13.4. The summed E-state index contributed by atoms with van der Waals surface area (Å²) < 4.78 is 29.6. The van der Waals surface area contributed by atoms with E-state index in [1.54, 1.807) is 6.07 Å². The van der Waals surface area contributed by atoms with Crippen molar-refractivity contribution in [1.29, 1.82) is 0 Å². The van der Waals surface area contributed by atoms with Crippen molar-refractivity contribution in [3.8, 4) is 5.75 Å². The van der Waals surface area contributed by atoms with Gasteiger partial charge in [0.2, 0.25) is 5.91 Å². The van der Waals surface area contributed by atoms with Crippen LogP contribution in [0.1, 0.15) is 42.5 Å². The van der Waals surface area contributed by atoms with Crippen LogP contribution in [-0.2, 0) is 9.59 Å². The third-order valence-electron chi connectivity index (χ3n) is 5.28. The molecule has 0 spiro atoms. The van der Waals surface area contributed by atoms with E-state index in [2.05, 4.69) is 10.1 Å². The Labute approximate surface area is 160 Å². The van der Waals surface area contributed by atoms with Crippen LogP contribution in [0.15, 0.2) is 24.3 Å². The van der Waals surface area contributed by atoms with Crippen LogP contribution in [0, 0.1) is 5.92 Å². The van der Waals surface area contributed by atoms with Gasteiger partial charge in [0.1, 0.15) is 11.8 Å². The zero-order chi connectivity index (χ0) is 20.3. The van der Waals surface area contributed by atoms with Gasteiger partial charge in [-0.05, 0) is 44.2 Å². The third kappa shape index (κ3) is 4.40. The molecular weight excluding hydrogens is 374 g/mol. The van der Waals surface area contributed by atoms with Crippen LogP contribution in [0.2, 0.25) is 0 Å². The molecule has 28 heavy (non-hydrogen) atoms. The molecule has 1 aromatic rings. The fraction of sp³-hybridized carbons (Fsp3) is 0.526. The molecule has 1 heterocycles. The van der Waals surface area contributed by atoms with Gasteiger partial charge in [0, 0.05) is 12.6 Å². The molecule has 2 fully saturated rings. The number of para-hydroxylation sites is 1. The summed E-state index contributed by atoms with van der Waals surface area (Å²) in [4.78, 5) is 38.0. The predicted octanol–water partition coefficient (Wildman–Crippen LogP) is 2.26. The van der Waals surface area contributed by atoms with Crippen molar-refractivity contribution in [1.82, 2.24) is 10.2 Å². The van der Waals surface area contributed by atoms with E-state index < -0.39 is 30.4 Å². The topological polar surface area (TPSA) is 95.9 Å². The summed E-state index contributed by atoms with van der Waals surface area (Å²) in [5.74, 6) is -2.44. The van der Waals surface area contributed by atoms with E-state index in [1.165, 1.54) is 23.1 Å². The molecule has 152 valence electrons. The smallest absolute Gasteiger partial charge is 0.387 e. The fourth-order valence-corrected chi connectivity index (χ4v) is 3.91. The van der Waals surface area contributed by atoms with Crippen LogP contribution < -0.4 is 10.1 Å². The Morgan fingerprint density at radius 3 is 2.61 bits per heavy atom. The van der Waals surface area contributed by atoms with E-state index in [0.717, 1.165) is 0 Å². The second-order valence-corrected chi connectivity index (χ2v) is 7.08. The largest absolute Gasteiger partial charge is 0.481 e. The molecule has 1 aromatic carbocycles. The second kappa shape index (κ2) is 8.53. The van der Waals surface area contributed by atoms with Gasteiger partial charge in [-0.25, -0.2) is 0 Å². The Balaban J connectivity index is 1.68. The lowest BCUT2D eigenvalue weighted by Gasteiger charge is -2.26. The number of aliphatic carboxylic acids is 1. The molecule has 9 heteroatoms. The minimum absolute atomic E-state index is 0.0192. The van der Waals surface area contributed by atoms with Crippen molar-refractivity contribution in [2.75, 3.05) is 6.54 Å². The van der Waals surface area contributed by atoms with Gasteiger partial charge in [-0.15, -0.1) is 0 Å². The van der Waals surface area contributed by atoms with Gasteiger partial charge in [0.25, 0.3) is 5.91 Å². The highest BCUT2D eigenvalue weighted by Gasteiger charge is 2.38. The molecule has 2 N–H and O–H groups in total. The molecule has 3 rings (SSSR count). The number of nitrogens with one attached hydrogen (secondary N) is 1. The number of ether oxygens (including phenoxy) is 1. The summed E-state index contributed by atoms with van der Waals surface area (Å²) in [5, 5.41) is 11.9. The molecule has 1 aliphatic heterocycles. The van der Waals surface area contributed by atoms with Crippen molar-refractivity contribution in [3.63, 3.8) is 0 Å². The lowest BCUT2D eigenvalue weighted by molar-refractivity contribution is -0.141. The Kier molecular flexibility index (Phi) is 6.11. The van der Waals surface area contributed by atoms with Crippen LogP contribution in [0.3, 0.4) is 0 Å². The lowest BCUT2D eigenvalue weighted by atomic mass is 10.1. The number of hydrogen-bond acceptors (Lipinski definition) is 4. The van der Waals surface area contributed by atoms with Gasteiger partial charge in [0.15, 0.2) is 0 Å². The number of rotatable bonds is 6. The number of alkyl halides is 2. The summed E-state index contributed by atoms with van der Waals surface area (Å²) in [5.41, 5.74) is -0.0192. The van der Waals surface area contributed by atoms with Gasteiger partial charge < -0.3 is 20.1 Å². The molecule has 2 aliphatic rings. The number of nitrogens with zero attached hydrogens (tertiary/aromatic N) is 1. The Hall–Kier alpha value is -2.71. The molecule has 0 aromatic heterocycles. The number of likely N-dealkylation sites (tertiary alicyclic amines) is 1. The molecule has 0 bridgehead atoms. The van der Waals surface area contributed by atoms with E-state index in [9.17, 15) is 23.2 Å². The number of carboxylic acid groups (broad SMARTS) is 1. The number of amides is 2. The van der Waals surface area contributed by atoms with E-state index >= 15 is 0 Å². The van der Waals surface area contributed by atoms with Crippen molar-refractivity contribution >= 4 is 17.8 Å². The predicted molar refractivity (Wildman–Crippen MR) is 94.0 cm³/mol. The molecule has 0 radical (unpaired) electrons. The van der Waals surface area contributed by atoms with Crippen LogP contribution in [0.4, 0.5) is 8.78 Å². The monoisotopic (exact) mass is 396 g/mol. The van der Waals surface area contributed by atoms with Crippen LogP contribution in [0.5, 0.6) is 5.75 Å². The van der Waals surface area contributed by atoms with E-state index in [-0.39, 0.29) is 23.3 Å². The summed E-state index contributed by atoms with van der Waals surface area (Å²) in [6, 6.07) is 4.76. The Morgan fingerprint density at radius 1 is 1.18 bits per heavy atom. The summed E-state index contributed by atoms with van der Waals surface area (Å²) in [6.45, 7) is -2.72. The average Bonchev–Trinajstić information content (AvgIpc) is 3.30. The van der Waals surface area contributed by atoms with Crippen LogP contribution in [-0.4, -0.2) is 53.0 Å². The normalized spacial score (nSPS) is 24.4. The molecule has 7 nitrogen and oxygen atoms in total. The van der Waals surface area contributed by atoms with E-state index in [4.69, 9.17) is 5.11 Å². The second-order valence-electron chi connectivity index (χ2n) is 7.08. The first kappa shape index (κ1) is 20.0. The number of carboxylic acids is 1.